The molecule has 0 aliphatic heterocycles. The highest BCUT2D eigenvalue weighted by atomic mass is 32.2. The molecule has 118 valence electrons. The average Bonchev–Trinajstić information content (AvgIpc) is 2.33. The lowest BCUT2D eigenvalue weighted by atomic mass is 10.1. The van der Waals surface area contributed by atoms with Crippen LogP contribution in [0.3, 0.4) is 0 Å². The fourth-order valence-corrected chi connectivity index (χ4v) is 2.19. The van der Waals surface area contributed by atoms with Crippen molar-refractivity contribution in [2.45, 2.75) is 44.2 Å². The Hall–Kier alpha value is -1.60. The number of carbonyl (C=O) groups excluding carboxylic acids is 1. The monoisotopic (exact) mass is 314 g/mol. The molecular weight excluding hydrogens is 292 g/mol. The second-order valence-electron chi connectivity index (χ2n) is 5.83. The SMILES string of the molecule is CC(NNC(=O)OC(C)(C)C)c1ccc(S(C)(=O)=O)cc1. The van der Waals surface area contributed by atoms with Crippen molar-refractivity contribution in [2.75, 3.05) is 6.26 Å². The molecule has 0 aliphatic rings. The molecule has 0 radical (unpaired) electrons. The Bertz CT molecular complexity index is 588. The van der Waals surface area contributed by atoms with E-state index in [0.29, 0.717) is 0 Å². The standard InChI is InChI=1S/C14H22N2O4S/c1-10(15-16-13(17)20-14(2,3)4)11-6-8-12(9-7-11)21(5,18)19/h6-10,15H,1-5H3,(H,16,17). The van der Waals surface area contributed by atoms with Crippen molar-refractivity contribution >= 4 is 15.9 Å². The number of amides is 1. The second kappa shape index (κ2) is 6.44. The number of sulfone groups is 1. The first-order valence-electron chi connectivity index (χ1n) is 6.53. The lowest BCUT2D eigenvalue weighted by molar-refractivity contribution is 0.0489. The van der Waals surface area contributed by atoms with Gasteiger partial charge in [-0.25, -0.2) is 18.6 Å². The molecule has 7 heteroatoms. The number of hydrogen-bond donors (Lipinski definition) is 2. The highest BCUT2D eigenvalue weighted by Crippen LogP contribution is 2.15. The van der Waals surface area contributed by atoms with Gasteiger partial charge in [0.1, 0.15) is 5.60 Å². The molecular formula is C14H22N2O4S. The molecule has 21 heavy (non-hydrogen) atoms. The summed E-state index contributed by atoms with van der Waals surface area (Å²) in [6.07, 6.45) is 0.593. The number of hydrogen-bond acceptors (Lipinski definition) is 5. The van der Waals surface area contributed by atoms with E-state index in [1.165, 1.54) is 12.1 Å². The molecule has 0 spiro atoms. The summed E-state index contributed by atoms with van der Waals surface area (Å²) in [6.45, 7) is 7.17. The molecule has 0 heterocycles. The van der Waals surface area contributed by atoms with E-state index in [4.69, 9.17) is 4.74 Å². The first kappa shape index (κ1) is 17.5. The summed E-state index contributed by atoms with van der Waals surface area (Å²) >= 11 is 0. The Balaban J connectivity index is 2.60. The van der Waals surface area contributed by atoms with E-state index in [0.717, 1.165) is 11.8 Å². The van der Waals surface area contributed by atoms with E-state index in [2.05, 4.69) is 10.9 Å². The molecule has 0 fully saturated rings. The first-order valence-corrected chi connectivity index (χ1v) is 8.43. The molecule has 0 saturated heterocycles. The predicted molar refractivity (Wildman–Crippen MR) is 80.5 cm³/mol. The predicted octanol–water partition coefficient (Wildman–Crippen LogP) is 2.18. The number of rotatable bonds is 4. The van der Waals surface area contributed by atoms with Gasteiger partial charge in [-0.15, -0.1) is 0 Å². The Labute approximate surface area is 125 Å². The summed E-state index contributed by atoms with van der Waals surface area (Å²) in [4.78, 5) is 11.8. The Morgan fingerprint density at radius 3 is 2.14 bits per heavy atom. The van der Waals surface area contributed by atoms with Gasteiger partial charge in [0.15, 0.2) is 9.84 Å². The highest BCUT2D eigenvalue weighted by molar-refractivity contribution is 7.90. The molecule has 0 bridgehead atoms. The summed E-state index contributed by atoms with van der Waals surface area (Å²) in [7, 11) is -3.20. The van der Waals surface area contributed by atoms with Gasteiger partial charge in [0, 0.05) is 12.3 Å². The molecule has 6 nitrogen and oxygen atoms in total. The Morgan fingerprint density at radius 1 is 1.19 bits per heavy atom. The second-order valence-corrected chi connectivity index (χ2v) is 7.85. The Kier molecular flexibility index (Phi) is 5.36. The van der Waals surface area contributed by atoms with Gasteiger partial charge in [0.25, 0.3) is 0 Å². The molecule has 0 saturated carbocycles. The van der Waals surface area contributed by atoms with Crippen molar-refractivity contribution < 1.29 is 17.9 Å². The van der Waals surface area contributed by atoms with Crippen molar-refractivity contribution in [3.8, 4) is 0 Å². The highest BCUT2D eigenvalue weighted by Gasteiger charge is 2.16. The molecule has 1 rings (SSSR count). The fourth-order valence-electron chi connectivity index (χ4n) is 1.56. The maximum absolute atomic E-state index is 11.5. The third-order valence-electron chi connectivity index (χ3n) is 2.60. The third kappa shape index (κ3) is 6.14. The van der Waals surface area contributed by atoms with Crippen LogP contribution >= 0.6 is 0 Å². The van der Waals surface area contributed by atoms with Crippen molar-refractivity contribution in [1.82, 2.24) is 10.9 Å². The number of carbonyl (C=O) groups is 1. The third-order valence-corrected chi connectivity index (χ3v) is 3.73. The van der Waals surface area contributed by atoms with E-state index in [1.54, 1.807) is 32.9 Å². The minimum Gasteiger partial charge on any atom is -0.443 e. The van der Waals surface area contributed by atoms with Gasteiger partial charge in [0.05, 0.1) is 4.90 Å². The zero-order valence-corrected chi connectivity index (χ0v) is 13.7. The van der Waals surface area contributed by atoms with Gasteiger partial charge in [-0.3, -0.25) is 5.43 Å². The number of benzene rings is 1. The lowest BCUT2D eigenvalue weighted by Gasteiger charge is -2.21. The van der Waals surface area contributed by atoms with E-state index in [9.17, 15) is 13.2 Å². The van der Waals surface area contributed by atoms with Gasteiger partial charge in [-0.1, -0.05) is 12.1 Å². The van der Waals surface area contributed by atoms with E-state index < -0.39 is 21.5 Å². The van der Waals surface area contributed by atoms with E-state index >= 15 is 0 Å². The zero-order chi connectivity index (χ0) is 16.3. The smallest absolute Gasteiger partial charge is 0.422 e. The minimum absolute atomic E-state index is 0.189. The van der Waals surface area contributed by atoms with Gasteiger partial charge in [-0.2, -0.15) is 0 Å². The average molecular weight is 314 g/mol. The van der Waals surface area contributed by atoms with Crippen LogP contribution in [-0.4, -0.2) is 26.4 Å². The number of hydrazine groups is 1. The molecule has 0 aromatic heterocycles. The first-order chi connectivity index (χ1) is 9.49. The maximum Gasteiger partial charge on any atom is 0.422 e. The lowest BCUT2D eigenvalue weighted by Crippen LogP contribution is -2.42. The van der Waals surface area contributed by atoms with Crippen molar-refractivity contribution in [2.24, 2.45) is 0 Å². The summed E-state index contributed by atoms with van der Waals surface area (Å²) in [5.41, 5.74) is 5.54. The van der Waals surface area contributed by atoms with Gasteiger partial charge in [-0.05, 0) is 45.4 Å². The fraction of sp³-hybridized carbons (Fsp3) is 0.500. The van der Waals surface area contributed by atoms with Crippen LogP contribution in [0.4, 0.5) is 4.79 Å². The molecule has 2 N–H and O–H groups in total. The van der Waals surface area contributed by atoms with Crippen LogP contribution in [0.2, 0.25) is 0 Å². The van der Waals surface area contributed by atoms with Crippen LogP contribution in [0.1, 0.15) is 39.3 Å². The molecule has 1 aromatic carbocycles. The summed E-state index contributed by atoms with van der Waals surface area (Å²) in [6, 6.07) is 6.29. The van der Waals surface area contributed by atoms with E-state index in [-0.39, 0.29) is 10.9 Å². The van der Waals surface area contributed by atoms with Crippen LogP contribution in [-0.2, 0) is 14.6 Å². The topological polar surface area (TPSA) is 84.5 Å². The maximum atomic E-state index is 11.5. The quantitative estimate of drug-likeness (QED) is 0.832. The normalized spacial score (nSPS) is 13.6. The largest absolute Gasteiger partial charge is 0.443 e. The Morgan fingerprint density at radius 2 is 1.71 bits per heavy atom. The number of nitrogens with one attached hydrogen (secondary N) is 2. The summed E-state index contributed by atoms with van der Waals surface area (Å²) < 4.78 is 27.8. The van der Waals surface area contributed by atoms with Crippen LogP contribution in [0.5, 0.6) is 0 Å². The van der Waals surface area contributed by atoms with E-state index in [1.807, 2.05) is 6.92 Å². The minimum atomic E-state index is -3.20. The van der Waals surface area contributed by atoms with Crippen molar-refractivity contribution in [1.29, 1.82) is 0 Å². The van der Waals surface area contributed by atoms with Gasteiger partial charge >= 0.3 is 6.09 Å². The van der Waals surface area contributed by atoms with Crippen LogP contribution in [0, 0.1) is 0 Å². The summed E-state index contributed by atoms with van der Waals surface area (Å²) in [5.74, 6) is 0. The molecule has 1 aromatic rings. The van der Waals surface area contributed by atoms with Crippen LogP contribution < -0.4 is 10.9 Å². The zero-order valence-electron chi connectivity index (χ0n) is 12.9. The molecule has 1 amide bonds. The number of ether oxygens (including phenoxy) is 1. The molecule has 1 atom stereocenters. The molecule has 0 aliphatic carbocycles. The van der Waals surface area contributed by atoms with Gasteiger partial charge < -0.3 is 4.74 Å². The van der Waals surface area contributed by atoms with Crippen LogP contribution in [0.15, 0.2) is 29.2 Å². The summed E-state index contributed by atoms with van der Waals surface area (Å²) in [5, 5.41) is 0. The van der Waals surface area contributed by atoms with Crippen molar-refractivity contribution in [3.05, 3.63) is 29.8 Å². The van der Waals surface area contributed by atoms with Crippen LogP contribution in [0.25, 0.3) is 0 Å². The van der Waals surface area contributed by atoms with Crippen molar-refractivity contribution in [3.63, 3.8) is 0 Å². The molecule has 1 unspecified atom stereocenters. The van der Waals surface area contributed by atoms with Gasteiger partial charge in [0.2, 0.25) is 0 Å².